The molecule has 1 rings (SSSR count). The molecule has 1 atom stereocenters. The fourth-order valence-electron chi connectivity index (χ4n) is 2.31. The zero-order valence-electron chi connectivity index (χ0n) is 13.0. The van der Waals surface area contributed by atoms with E-state index in [0.29, 0.717) is 0 Å². The van der Waals surface area contributed by atoms with E-state index in [9.17, 15) is 4.79 Å². The lowest BCUT2D eigenvalue weighted by Crippen LogP contribution is -2.44. The Kier molecular flexibility index (Phi) is 5.98. The van der Waals surface area contributed by atoms with E-state index < -0.39 is 6.29 Å². The van der Waals surface area contributed by atoms with Crippen LogP contribution in [-0.4, -0.2) is 32.6 Å². The van der Waals surface area contributed by atoms with E-state index in [2.05, 4.69) is 10.6 Å². The summed E-state index contributed by atoms with van der Waals surface area (Å²) in [5, 5.41) is 5.68. The van der Waals surface area contributed by atoms with Gasteiger partial charge in [0.25, 0.3) is 0 Å². The Morgan fingerprint density at radius 1 is 1.10 bits per heavy atom. The number of anilines is 1. The van der Waals surface area contributed by atoms with Crippen LogP contribution >= 0.6 is 0 Å². The van der Waals surface area contributed by atoms with Gasteiger partial charge in [0.15, 0.2) is 6.29 Å². The Balaban J connectivity index is 2.72. The quantitative estimate of drug-likeness (QED) is 0.815. The van der Waals surface area contributed by atoms with Gasteiger partial charge < -0.3 is 20.1 Å². The van der Waals surface area contributed by atoms with Crippen LogP contribution in [0.4, 0.5) is 10.5 Å². The minimum Gasteiger partial charge on any atom is -0.354 e. The summed E-state index contributed by atoms with van der Waals surface area (Å²) < 4.78 is 10.2. The lowest BCUT2D eigenvalue weighted by molar-refractivity contribution is -0.117. The Morgan fingerprint density at radius 3 is 2.05 bits per heavy atom. The van der Waals surface area contributed by atoms with Gasteiger partial charge in [-0.3, -0.25) is 0 Å². The van der Waals surface area contributed by atoms with E-state index in [4.69, 9.17) is 9.47 Å². The molecule has 20 heavy (non-hydrogen) atoms. The smallest absolute Gasteiger partial charge is 0.319 e. The highest BCUT2D eigenvalue weighted by Crippen LogP contribution is 2.21. The van der Waals surface area contributed by atoms with Crippen LogP contribution in [0, 0.1) is 20.8 Å². The molecule has 0 saturated heterocycles. The number of rotatable bonds is 5. The molecule has 1 aromatic rings. The number of hydrogen-bond acceptors (Lipinski definition) is 3. The average Bonchev–Trinajstić information content (AvgIpc) is 2.35. The Hall–Kier alpha value is -1.59. The first-order chi connectivity index (χ1) is 9.38. The van der Waals surface area contributed by atoms with Gasteiger partial charge in [-0.05, 0) is 38.8 Å². The van der Waals surface area contributed by atoms with E-state index in [1.54, 1.807) is 14.2 Å². The van der Waals surface area contributed by atoms with Crippen LogP contribution in [0.2, 0.25) is 0 Å². The normalized spacial score (nSPS) is 12.3. The molecule has 2 N–H and O–H groups in total. The summed E-state index contributed by atoms with van der Waals surface area (Å²) >= 11 is 0. The number of benzene rings is 1. The van der Waals surface area contributed by atoms with Crippen LogP contribution in [0.3, 0.4) is 0 Å². The van der Waals surface area contributed by atoms with Crippen molar-refractivity contribution in [2.45, 2.75) is 40.0 Å². The number of urea groups is 1. The molecular weight excluding hydrogens is 256 g/mol. The largest absolute Gasteiger partial charge is 0.354 e. The monoisotopic (exact) mass is 280 g/mol. The fourth-order valence-corrected chi connectivity index (χ4v) is 2.31. The van der Waals surface area contributed by atoms with E-state index in [-0.39, 0.29) is 12.1 Å². The number of methoxy groups -OCH3 is 2. The van der Waals surface area contributed by atoms with Crippen molar-refractivity contribution in [2.24, 2.45) is 0 Å². The molecular formula is C15H24N2O3. The molecule has 5 heteroatoms. The van der Waals surface area contributed by atoms with Crippen molar-refractivity contribution >= 4 is 11.7 Å². The third-order valence-corrected chi connectivity index (χ3v) is 3.15. The number of aryl methyl sites for hydroxylation is 3. The van der Waals surface area contributed by atoms with E-state index in [0.717, 1.165) is 16.8 Å². The van der Waals surface area contributed by atoms with Crippen molar-refractivity contribution in [3.63, 3.8) is 0 Å². The fraction of sp³-hybridized carbons (Fsp3) is 0.533. The average molecular weight is 280 g/mol. The Bertz CT molecular complexity index is 447. The van der Waals surface area contributed by atoms with Crippen LogP contribution in [0.5, 0.6) is 0 Å². The van der Waals surface area contributed by atoms with Gasteiger partial charge >= 0.3 is 6.03 Å². The van der Waals surface area contributed by atoms with Gasteiger partial charge in [-0.25, -0.2) is 4.79 Å². The summed E-state index contributed by atoms with van der Waals surface area (Å²) in [5.74, 6) is 0. The van der Waals surface area contributed by atoms with Crippen molar-refractivity contribution in [1.82, 2.24) is 5.32 Å². The predicted molar refractivity (Wildman–Crippen MR) is 80.1 cm³/mol. The SMILES string of the molecule is COC(OC)C(C)NC(=O)Nc1c(C)cc(C)cc1C. The van der Waals surface area contributed by atoms with Gasteiger partial charge in [0.05, 0.1) is 6.04 Å². The molecule has 0 saturated carbocycles. The van der Waals surface area contributed by atoms with E-state index >= 15 is 0 Å². The van der Waals surface area contributed by atoms with Crippen LogP contribution in [0.15, 0.2) is 12.1 Å². The molecule has 1 unspecified atom stereocenters. The Morgan fingerprint density at radius 2 is 1.60 bits per heavy atom. The van der Waals surface area contributed by atoms with Crippen LogP contribution in [0.1, 0.15) is 23.6 Å². The molecule has 0 spiro atoms. The van der Waals surface area contributed by atoms with Gasteiger partial charge in [0.1, 0.15) is 0 Å². The molecule has 0 fully saturated rings. The zero-order valence-corrected chi connectivity index (χ0v) is 13.0. The van der Waals surface area contributed by atoms with Crippen molar-refractivity contribution in [2.75, 3.05) is 19.5 Å². The minimum atomic E-state index is -0.471. The summed E-state index contributed by atoms with van der Waals surface area (Å²) in [7, 11) is 3.08. The Labute approximate surface area is 120 Å². The minimum absolute atomic E-state index is 0.254. The molecule has 0 aliphatic rings. The van der Waals surface area contributed by atoms with Gasteiger partial charge in [0, 0.05) is 19.9 Å². The molecule has 0 heterocycles. The predicted octanol–water partition coefficient (Wildman–Crippen LogP) is 2.74. The number of amides is 2. The van der Waals surface area contributed by atoms with E-state index in [1.165, 1.54) is 5.56 Å². The number of hydrogen-bond donors (Lipinski definition) is 2. The number of carbonyl (C=O) groups excluding carboxylic acids is 1. The van der Waals surface area contributed by atoms with Crippen molar-refractivity contribution in [1.29, 1.82) is 0 Å². The van der Waals surface area contributed by atoms with Gasteiger partial charge in [-0.15, -0.1) is 0 Å². The molecule has 1 aromatic carbocycles. The van der Waals surface area contributed by atoms with Gasteiger partial charge in [-0.1, -0.05) is 17.7 Å². The molecule has 0 aromatic heterocycles. The molecule has 5 nitrogen and oxygen atoms in total. The second-order valence-electron chi connectivity index (χ2n) is 5.00. The standard InChI is InChI=1S/C15H24N2O3/c1-9-7-10(2)13(11(3)8-9)17-15(18)16-12(4)14(19-5)20-6/h7-8,12,14H,1-6H3,(H2,16,17,18). The van der Waals surface area contributed by atoms with Crippen LogP contribution < -0.4 is 10.6 Å². The van der Waals surface area contributed by atoms with Crippen molar-refractivity contribution < 1.29 is 14.3 Å². The summed E-state index contributed by atoms with van der Waals surface area (Å²) in [6.07, 6.45) is -0.471. The third-order valence-electron chi connectivity index (χ3n) is 3.15. The maximum Gasteiger partial charge on any atom is 0.319 e. The first-order valence-corrected chi connectivity index (χ1v) is 6.60. The first-order valence-electron chi connectivity index (χ1n) is 6.60. The second-order valence-corrected chi connectivity index (χ2v) is 5.00. The van der Waals surface area contributed by atoms with Crippen molar-refractivity contribution in [3.05, 3.63) is 28.8 Å². The second kappa shape index (κ2) is 7.26. The topological polar surface area (TPSA) is 59.6 Å². The summed E-state index contributed by atoms with van der Waals surface area (Å²) in [5.41, 5.74) is 4.10. The maximum absolute atomic E-state index is 12.0. The molecule has 0 radical (unpaired) electrons. The molecule has 0 aliphatic carbocycles. The first kappa shape index (κ1) is 16.5. The highest BCUT2D eigenvalue weighted by molar-refractivity contribution is 5.91. The maximum atomic E-state index is 12.0. The summed E-state index contributed by atoms with van der Waals surface area (Å²) in [6.45, 7) is 7.82. The third kappa shape index (κ3) is 4.21. The van der Waals surface area contributed by atoms with Crippen LogP contribution in [-0.2, 0) is 9.47 Å². The molecule has 2 amide bonds. The lowest BCUT2D eigenvalue weighted by Gasteiger charge is -2.23. The van der Waals surface area contributed by atoms with Gasteiger partial charge in [0.2, 0.25) is 0 Å². The van der Waals surface area contributed by atoms with Gasteiger partial charge in [-0.2, -0.15) is 0 Å². The molecule has 0 aliphatic heterocycles. The summed E-state index contributed by atoms with van der Waals surface area (Å²) in [4.78, 5) is 12.0. The summed E-state index contributed by atoms with van der Waals surface area (Å²) in [6, 6.07) is 3.56. The van der Waals surface area contributed by atoms with E-state index in [1.807, 2.05) is 39.8 Å². The van der Waals surface area contributed by atoms with Crippen LogP contribution in [0.25, 0.3) is 0 Å². The molecule has 0 bridgehead atoms. The highest BCUT2D eigenvalue weighted by Gasteiger charge is 2.18. The van der Waals surface area contributed by atoms with Crippen molar-refractivity contribution in [3.8, 4) is 0 Å². The lowest BCUT2D eigenvalue weighted by atomic mass is 10.1. The molecule has 112 valence electrons. The highest BCUT2D eigenvalue weighted by atomic mass is 16.7. The zero-order chi connectivity index (χ0) is 15.3. The number of nitrogens with one attached hydrogen (secondary N) is 2. The number of carbonyl (C=O) groups is 1. The number of ether oxygens (including phenoxy) is 2.